The maximum atomic E-state index is 8.86. The van der Waals surface area contributed by atoms with Crippen LogP contribution in [0, 0.1) is 11.3 Å². The molecule has 0 radical (unpaired) electrons. The standard InChI is InChI=1S/C16H18N3Si/c1-20(2,3)16-9-8-15-11-18(12-19(15)16)14-6-4-13(10-17)5-7-14/h4-9,11H,12H2,1-3H3/q+1. The molecular weight excluding hydrogens is 262 g/mol. The van der Waals surface area contributed by atoms with Crippen molar-refractivity contribution in [3.63, 3.8) is 0 Å². The molecule has 0 atom stereocenters. The van der Waals surface area contributed by atoms with Crippen LogP contribution in [0.4, 0.5) is 5.69 Å². The van der Waals surface area contributed by atoms with Crippen molar-refractivity contribution in [1.29, 1.82) is 5.26 Å². The van der Waals surface area contributed by atoms with Crippen LogP contribution in [0.3, 0.4) is 0 Å². The molecule has 0 spiro atoms. The van der Waals surface area contributed by atoms with E-state index in [2.05, 4.69) is 53.2 Å². The second kappa shape index (κ2) is 4.46. The molecule has 1 aliphatic heterocycles. The zero-order valence-electron chi connectivity index (χ0n) is 12.1. The van der Waals surface area contributed by atoms with Gasteiger partial charge in [0, 0.05) is 17.4 Å². The van der Waals surface area contributed by atoms with E-state index in [1.807, 2.05) is 24.3 Å². The van der Waals surface area contributed by atoms with Crippen molar-refractivity contribution in [1.82, 2.24) is 4.57 Å². The van der Waals surface area contributed by atoms with Gasteiger partial charge in [-0.2, -0.15) is 9.84 Å². The van der Waals surface area contributed by atoms with Gasteiger partial charge in [-0.05, 0) is 24.3 Å². The lowest BCUT2D eigenvalue weighted by Gasteiger charge is -2.17. The molecule has 2 heterocycles. The Morgan fingerprint density at radius 3 is 2.40 bits per heavy atom. The van der Waals surface area contributed by atoms with Crippen LogP contribution >= 0.6 is 0 Å². The van der Waals surface area contributed by atoms with Crippen LogP contribution in [-0.2, 0) is 6.67 Å². The summed E-state index contributed by atoms with van der Waals surface area (Å²) in [6, 6.07) is 14.4. The van der Waals surface area contributed by atoms with E-state index in [1.165, 1.54) is 11.0 Å². The van der Waals surface area contributed by atoms with Crippen molar-refractivity contribution in [3.05, 3.63) is 47.7 Å². The van der Waals surface area contributed by atoms with E-state index in [0.29, 0.717) is 5.56 Å². The molecule has 2 aromatic rings. The first-order valence-corrected chi connectivity index (χ1v) is 10.3. The number of fused-ring (bicyclic) bond motifs is 1. The van der Waals surface area contributed by atoms with Crippen molar-refractivity contribution in [3.8, 4) is 6.07 Å². The van der Waals surface area contributed by atoms with Crippen LogP contribution in [0.15, 0.2) is 36.4 Å². The molecule has 0 unspecified atom stereocenters. The van der Waals surface area contributed by atoms with E-state index < -0.39 is 8.07 Å². The van der Waals surface area contributed by atoms with Gasteiger partial charge in [-0.1, -0.05) is 19.6 Å². The minimum atomic E-state index is -1.31. The summed E-state index contributed by atoms with van der Waals surface area (Å²) in [5.41, 5.74) is 3.11. The Morgan fingerprint density at radius 1 is 1.10 bits per heavy atom. The van der Waals surface area contributed by atoms with Gasteiger partial charge in [-0.15, -0.1) is 0 Å². The van der Waals surface area contributed by atoms with Gasteiger partial charge >= 0.3 is 0 Å². The number of benzene rings is 1. The first kappa shape index (κ1) is 12.9. The van der Waals surface area contributed by atoms with E-state index in [9.17, 15) is 0 Å². The molecule has 0 saturated carbocycles. The van der Waals surface area contributed by atoms with E-state index >= 15 is 0 Å². The Balaban J connectivity index is 1.93. The largest absolute Gasteiger partial charge is 0.288 e. The fraction of sp³-hybridized carbons (Fsp3) is 0.250. The molecule has 20 heavy (non-hydrogen) atoms. The van der Waals surface area contributed by atoms with Gasteiger partial charge < -0.3 is 0 Å². The van der Waals surface area contributed by atoms with E-state index in [1.54, 1.807) is 0 Å². The molecule has 1 aromatic heterocycles. The number of hydrogen-bond donors (Lipinski definition) is 0. The molecule has 3 rings (SSSR count). The molecule has 0 fully saturated rings. The van der Waals surface area contributed by atoms with Crippen molar-refractivity contribution < 1.29 is 4.58 Å². The molecule has 0 aliphatic carbocycles. The molecular formula is C16H18N3Si+. The third-order valence-electron chi connectivity index (χ3n) is 3.69. The van der Waals surface area contributed by atoms with Crippen LogP contribution in [0.25, 0.3) is 0 Å². The van der Waals surface area contributed by atoms with Gasteiger partial charge in [0.15, 0.2) is 6.21 Å². The van der Waals surface area contributed by atoms with Crippen molar-refractivity contribution >= 4 is 25.3 Å². The normalized spacial score (nSPS) is 13.8. The van der Waals surface area contributed by atoms with Gasteiger partial charge in [-0.25, -0.2) is 0 Å². The summed E-state index contributed by atoms with van der Waals surface area (Å²) in [6.45, 7) is 7.99. The minimum Gasteiger partial charge on any atom is -0.288 e. The lowest BCUT2D eigenvalue weighted by Crippen LogP contribution is -2.43. The van der Waals surface area contributed by atoms with Gasteiger partial charge in [0.05, 0.1) is 19.7 Å². The Kier molecular flexibility index (Phi) is 2.88. The first-order chi connectivity index (χ1) is 9.49. The van der Waals surface area contributed by atoms with Gasteiger partial charge in [0.1, 0.15) is 5.69 Å². The highest BCUT2D eigenvalue weighted by molar-refractivity contribution is 6.88. The van der Waals surface area contributed by atoms with Gasteiger partial charge in [0.2, 0.25) is 12.4 Å². The third kappa shape index (κ3) is 2.10. The molecule has 0 saturated heterocycles. The highest BCUT2D eigenvalue weighted by Crippen LogP contribution is 2.19. The summed E-state index contributed by atoms with van der Waals surface area (Å²) in [5.74, 6) is 0. The summed E-state index contributed by atoms with van der Waals surface area (Å²) in [7, 11) is -1.31. The smallest absolute Gasteiger partial charge is 0.228 e. The second-order valence-corrected chi connectivity index (χ2v) is 11.2. The Bertz CT molecular complexity index is 725. The number of hydrogen-bond acceptors (Lipinski definition) is 1. The first-order valence-electron chi connectivity index (χ1n) is 6.81. The van der Waals surface area contributed by atoms with Crippen LogP contribution in [0.5, 0.6) is 0 Å². The number of nitriles is 1. The Morgan fingerprint density at radius 2 is 1.80 bits per heavy atom. The second-order valence-electron chi connectivity index (χ2n) is 6.22. The molecule has 0 amide bonds. The maximum Gasteiger partial charge on any atom is 0.228 e. The van der Waals surface area contributed by atoms with Crippen LogP contribution < -0.4 is 5.32 Å². The molecule has 0 bridgehead atoms. The summed E-state index contributed by atoms with van der Waals surface area (Å²) < 4.78 is 4.64. The van der Waals surface area contributed by atoms with Crippen molar-refractivity contribution in [2.75, 3.05) is 0 Å². The quantitative estimate of drug-likeness (QED) is 0.615. The Labute approximate surface area is 120 Å². The average molecular weight is 280 g/mol. The topological polar surface area (TPSA) is 31.7 Å². The highest BCUT2D eigenvalue weighted by atomic mass is 28.3. The molecule has 1 aromatic carbocycles. The van der Waals surface area contributed by atoms with Crippen LogP contribution in [-0.4, -0.2) is 23.4 Å². The van der Waals surface area contributed by atoms with Crippen LogP contribution in [0.1, 0.15) is 11.3 Å². The Hall–Kier alpha value is -2.12. The summed E-state index contributed by atoms with van der Waals surface area (Å²) in [4.78, 5) is 0. The maximum absolute atomic E-state index is 8.86. The predicted octanol–water partition coefficient (Wildman–Crippen LogP) is 2.64. The predicted molar refractivity (Wildman–Crippen MR) is 83.7 cm³/mol. The summed E-state index contributed by atoms with van der Waals surface area (Å²) >= 11 is 0. The van der Waals surface area contributed by atoms with E-state index in [0.717, 1.165) is 12.4 Å². The SMILES string of the molecule is C[Si](C)(C)c1ccc2n1C[N+](c1ccc(C#N)cc1)=C2. The zero-order valence-corrected chi connectivity index (χ0v) is 13.1. The van der Waals surface area contributed by atoms with Crippen molar-refractivity contribution in [2.45, 2.75) is 26.3 Å². The van der Waals surface area contributed by atoms with Gasteiger partial charge in [-0.3, -0.25) is 4.57 Å². The number of nitrogens with zero attached hydrogens (tertiary/aromatic N) is 3. The fourth-order valence-electron chi connectivity index (χ4n) is 2.65. The molecule has 100 valence electrons. The number of aromatic nitrogens is 1. The lowest BCUT2D eigenvalue weighted by molar-refractivity contribution is -0.463. The van der Waals surface area contributed by atoms with Crippen LogP contribution in [0.2, 0.25) is 19.6 Å². The highest BCUT2D eigenvalue weighted by Gasteiger charge is 2.28. The fourth-order valence-corrected chi connectivity index (χ4v) is 4.24. The van der Waals surface area contributed by atoms with E-state index in [4.69, 9.17) is 5.26 Å². The minimum absolute atomic E-state index is 0.704. The van der Waals surface area contributed by atoms with Crippen molar-refractivity contribution in [2.24, 2.45) is 0 Å². The molecule has 4 heteroatoms. The molecule has 1 aliphatic rings. The zero-order chi connectivity index (χ0) is 14.3. The molecule has 0 N–H and O–H groups in total. The lowest BCUT2D eigenvalue weighted by atomic mass is 10.2. The summed E-state index contributed by atoms with van der Waals surface area (Å²) in [5, 5.41) is 10.3. The monoisotopic (exact) mass is 280 g/mol. The summed E-state index contributed by atoms with van der Waals surface area (Å²) in [6.07, 6.45) is 2.19. The van der Waals surface area contributed by atoms with Gasteiger partial charge in [0.25, 0.3) is 0 Å². The average Bonchev–Trinajstić information content (AvgIpc) is 2.97. The number of rotatable bonds is 2. The molecule has 3 nitrogen and oxygen atoms in total. The third-order valence-corrected chi connectivity index (χ3v) is 5.67. The van der Waals surface area contributed by atoms with E-state index in [-0.39, 0.29) is 0 Å².